The second-order valence-electron chi connectivity index (χ2n) is 4.90. The summed E-state index contributed by atoms with van der Waals surface area (Å²) in [7, 11) is 0. The summed E-state index contributed by atoms with van der Waals surface area (Å²) in [4.78, 5) is 21.3. The predicted molar refractivity (Wildman–Crippen MR) is 79.6 cm³/mol. The summed E-state index contributed by atoms with van der Waals surface area (Å²) in [5, 5.41) is 0. The molecule has 0 unspecified atom stereocenters. The van der Waals surface area contributed by atoms with Crippen LogP contribution < -0.4 is 10.3 Å². The molecule has 128 valence electrons. The number of nitrogens with one attached hydrogen (secondary N) is 1. The number of rotatable bonds is 3. The molecule has 0 radical (unpaired) electrons. The predicted octanol–water partition coefficient (Wildman–Crippen LogP) is 3.78. The van der Waals surface area contributed by atoms with Gasteiger partial charge < -0.3 is 9.72 Å². The summed E-state index contributed by atoms with van der Waals surface area (Å²) in [5.74, 6) is -0.961. The Bertz CT molecular complexity index is 953. The summed E-state index contributed by atoms with van der Waals surface area (Å²) in [6, 6.07) is 4.96. The zero-order valence-electron chi connectivity index (χ0n) is 12.3. The first-order valence-corrected chi connectivity index (χ1v) is 6.89. The van der Waals surface area contributed by atoms with Crippen LogP contribution in [-0.2, 0) is 6.18 Å². The molecule has 0 amide bonds. The van der Waals surface area contributed by atoms with Gasteiger partial charge in [-0.05, 0) is 30.3 Å². The fourth-order valence-electron chi connectivity index (χ4n) is 2.01. The highest BCUT2D eigenvalue weighted by atomic mass is 19.4. The van der Waals surface area contributed by atoms with E-state index in [0.717, 1.165) is 30.3 Å². The number of ether oxygens (including phenoxy) is 1. The summed E-state index contributed by atoms with van der Waals surface area (Å²) < 4.78 is 56.6. The molecule has 1 N–H and O–H groups in total. The smallest absolute Gasteiger partial charge is 0.416 e. The highest BCUT2D eigenvalue weighted by molar-refractivity contribution is 5.63. The number of halogens is 4. The Morgan fingerprint density at radius 2 is 1.72 bits per heavy atom. The second kappa shape index (κ2) is 6.34. The first-order chi connectivity index (χ1) is 11.8. The van der Waals surface area contributed by atoms with Crippen molar-refractivity contribution in [1.29, 1.82) is 0 Å². The van der Waals surface area contributed by atoms with Crippen molar-refractivity contribution in [1.82, 2.24) is 15.0 Å². The van der Waals surface area contributed by atoms with Crippen molar-refractivity contribution in [3.63, 3.8) is 0 Å². The summed E-state index contributed by atoms with van der Waals surface area (Å²) >= 11 is 0. The Hall–Kier alpha value is -3.23. The van der Waals surface area contributed by atoms with Crippen molar-refractivity contribution in [2.75, 3.05) is 0 Å². The van der Waals surface area contributed by atoms with E-state index in [1.165, 1.54) is 18.6 Å². The molecule has 0 saturated heterocycles. The summed E-state index contributed by atoms with van der Waals surface area (Å²) in [5.41, 5.74) is -1.38. The number of nitrogens with zero attached hydrogens (tertiary/aromatic N) is 2. The third-order valence-corrected chi connectivity index (χ3v) is 3.19. The normalized spacial score (nSPS) is 11.4. The van der Waals surface area contributed by atoms with Gasteiger partial charge in [0.25, 0.3) is 5.56 Å². The van der Waals surface area contributed by atoms with Crippen LogP contribution in [0.2, 0.25) is 0 Å². The van der Waals surface area contributed by atoms with E-state index in [0.29, 0.717) is 0 Å². The number of alkyl halides is 3. The largest absolute Gasteiger partial charge is 0.437 e. The molecule has 2 heterocycles. The Morgan fingerprint density at radius 3 is 2.36 bits per heavy atom. The van der Waals surface area contributed by atoms with Crippen molar-refractivity contribution in [3.8, 4) is 22.9 Å². The van der Waals surface area contributed by atoms with Crippen LogP contribution in [0.15, 0.2) is 53.7 Å². The van der Waals surface area contributed by atoms with Gasteiger partial charge in [0, 0.05) is 24.2 Å². The van der Waals surface area contributed by atoms with Crippen LogP contribution in [0.4, 0.5) is 17.6 Å². The third kappa shape index (κ3) is 3.65. The van der Waals surface area contributed by atoms with Crippen LogP contribution >= 0.6 is 0 Å². The average Bonchev–Trinajstić information content (AvgIpc) is 2.58. The lowest BCUT2D eigenvalue weighted by Crippen LogP contribution is -2.09. The van der Waals surface area contributed by atoms with E-state index in [2.05, 4.69) is 15.0 Å². The van der Waals surface area contributed by atoms with Crippen LogP contribution in [0.3, 0.4) is 0 Å². The Labute approximate surface area is 138 Å². The number of hydrogen-bond donors (Lipinski definition) is 1. The molecule has 0 spiro atoms. The van der Waals surface area contributed by atoms with Gasteiger partial charge in [0.05, 0.1) is 5.56 Å². The van der Waals surface area contributed by atoms with Crippen molar-refractivity contribution < 1.29 is 22.3 Å². The molecule has 25 heavy (non-hydrogen) atoms. The molecule has 3 aromatic rings. The number of pyridine rings is 1. The number of H-pyrrole nitrogens is 1. The molecule has 5 nitrogen and oxygen atoms in total. The summed E-state index contributed by atoms with van der Waals surface area (Å²) in [6.07, 6.45) is -0.582. The standard InChI is InChI=1S/C16H9F4N3O2/c17-12-7-9(8-23-14(12)24)13-15(22-6-5-21-13)25-11-3-1-10(2-4-11)16(18,19)20/h1-8H,(H,23,24). The van der Waals surface area contributed by atoms with Gasteiger partial charge in [-0.3, -0.25) is 4.79 Å². The van der Waals surface area contributed by atoms with Gasteiger partial charge in [0.15, 0.2) is 5.82 Å². The van der Waals surface area contributed by atoms with Crippen LogP contribution in [0.1, 0.15) is 5.56 Å². The molecule has 0 atom stereocenters. The number of hydrogen-bond acceptors (Lipinski definition) is 4. The monoisotopic (exact) mass is 351 g/mol. The van der Waals surface area contributed by atoms with E-state index < -0.39 is 23.1 Å². The first-order valence-electron chi connectivity index (χ1n) is 6.89. The minimum atomic E-state index is -4.45. The molecule has 3 rings (SSSR count). The van der Waals surface area contributed by atoms with E-state index in [1.807, 2.05) is 0 Å². The fraction of sp³-hybridized carbons (Fsp3) is 0.0625. The maximum absolute atomic E-state index is 13.4. The number of aromatic nitrogens is 3. The van der Waals surface area contributed by atoms with E-state index in [9.17, 15) is 22.4 Å². The number of benzene rings is 1. The Kier molecular flexibility index (Phi) is 4.22. The van der Waals surface area contributed by atoms with Gasteiger partial charge in [-0.1, -0.05) is 0 Å². The zero-order chi connectivity index (χ0) is 18.0. The van der Waals surface area contributed by atoms with Crippen LogP contribution in [0, 0.1) is 5.82 Å². The van der Waals surface area contributed by atoms with Crippen molar-refractivity contribution in [3.05, 3.63) is 70.7 Å². The maximum atomic E-state index is 13.4. The molecule has 0 aliphatic heterocycles. The lowest BCUT2D eigenvalue weighted by Gasteiger charge is -2.10. The van der Waals surface area contributed by atoms with Crippen molar-refractivity contribution >= 4 is 0 Å². The highest BCUT2D eigenvalue weighted by Gasteiger charge is 2.30. The van der Waals surface area contributed by atoms with Crippen molar-refractivity contribution in [2.45, 2.75) is 6.18 Å². The fourth-order valence-corrected chi connectivity index (χ4v) is 2.01. The van der Waals surface area contributed by atoms with Crippen LogP contribution in [0.5, 0.6) is 11.6 Å². The maximum Gasteiger partial charge on any atom is 0.416 e. The number of aromatic amines is 1. The van der Waals surface area contributed by atoms with Gasteiger partial charge in [0.1, 0.15) is 11.4 Å². The summed E-state index contributed by atoms with van der Waals surface area (Å²) in [6.45, 7) is 0. The molecular formula is C16H9F4N3O2. The average molecular weight is 351 g/mol. The Balaban J connectivity index is 1.93. The molecule has 0 bridgehead atoms. The molecule has 0 aliphatic carbocycles. The topological polar surface area (TPSA) is 67.9 Å². The SMILES string of the molecule is O=c1[nH]cc(-c2nccnc2Oc2ccc(C(F)(F)F)cc2)cc1F. The van der Waals surface area contributed by atoms with E-state index >= 15 is 0 Å². The molecule has 0 saturated carbocycles. The van der Waals surface area contributed by atoms with Gasteiger partial charge in [-0.25, -0.2) is 14.4 Å². The van der Waals surface area contributed by atoms with Gasteiger partial charge in [0.2, 0.25) is 5.88 Å². The molecule has 2 aromatic heterocycles. The van der Waals surface area contributed by atoms with Gasteiger partial charge >= 0.3 is 6.18 Å². The zero-order valence-corrected chi connectivity index (χ0v) is 12.3. The van der Waals surface area contributed by atoms with Crippen molar-refractivity contribution in [2.24, 2.45) is 0 Å². The Morgan fingerprint density at radius 1 is 1.04 bits per heavy atom. The van der Waals surface area contributed by atoms with Crippen LogP contribution in [0.25, 0.3) is 11.3 Å². The minimum absolute atomic E-state index is 0.0475. The lowest BCUT2D eigenvalue weighted by molar-refractivity contribution is -0.137. The second-order valence-corrected chi connectivity index (χ2v) is 4.90. The van der Waals surface area contributed by atoms with E-state index in [-0.39, 0.29) is 22.9 Å². The quantitative estimate of drug-likeness (QED) is 0.729. The van der Waals surface area contributed by atoms with Gasteiger partial charge in [-0.2, -0.15) is 13.2 Å². The van der Waals surface area contributed by atoms with Crippen LogP contribution in [-0.4, -0.2) is 15.0 Å². The minimum Gasteiger partial charge on any atom is -0.437 e. The third-order valence-electron chi connectivity index (χ3n) is 3.19. The molecule has 0 aliphatic rings. The molecule has 1 aromatic carbocycles. The lowest BCUT2D eigenvalue weighted by atomic mass is 10.2. The van der Waals surface area contributed by atoms with E-state index in [4.69, 9.17) is 4.74 Å². The first kappa shape index (κ1) is 16.6. The molecule has 9 heteroatoms. The van der Waals surface area contributed by atoms with E-state index in [1.54, 1.807) is 0 Å². The highest BCUT2D eigenvalue weighted by Crippen LogP contribution is 2.33. The molecular weight excluding hydrogens is 342 g/mol. The van der Waals surface area contributed by atoms with Gasteiger partial charge in [-0.15, -0.1) is 0 Å². The molecule has 0 fully saturated rings.